The zero-order chi connectivity index (χ0) is 19.5. The normalized spacial score (nSPS) is 16.3. The number of nitrogens with zero attached hydrogens (tertiary/aromatic N) is 3. The largest absolute Gasteiger partial charge is 0.490 e. The molecule has 12 heteroatoms. The number of benzene rings is 1. The van der Waals surface area contributed by atoms with Crippen molar-refractivity contribution in [1.29, 1.82) is 0 Å². The van der Waals surface area contributed by atoms with Gasteiger partial charge in [-0.25, -0.2) is 8.42 Å². The Morgan fingerprint density at radius 2 is 1.93 bits per heavy atom. The predicted octanol–water partition coefficient (Wildman–Crippen LogP) is 0.595. The van der Waals surface area contributed by atoms with Crippen LogP contribution in [0, 0.1) is 10.1 Å². The van der Waals surface area contributed by atoms with Gasteiger partial charge in [-0.3, -0.25) is 14.9 Å². The van der Waals surface area contributed by atoms with Gasteiger partial charge in [0.2, 0.25) is 15.9 Å². The zero-order valence-corrected chi connectivity index (χ0v) is 16.7. The highest BCUT2D eigenvalue weighted by molar-refractivity contribution is 7.89. The van der Waals surface area contributed by atoms with Gasteiger partial charge in [0.25, 0.3) is 0 Å². The highest BCUT2D eigenvalue weighted by atomic mass is 35.5. The lowest BCUT2D eigenvalue weighted by molar-refractivity contribution is -0.386. The summed E-state index contributed by atoms with van der Waals surface area (Å²) in [7, 11) is -2.63. The van der Waals surface area contributed by atoms with Crippen molar-refractivity contribution < 1.29 is 22.9 Å². The van der Waals surface area contributed by atoms with Gasteiger partial charge in [-0.2, -0.15) is 4.31 Å². The molecule has 1 aromatic carbocycles. The number of halogens is 1. The first kappa shape index (κ1) is 23.1. The molecule has 10 nitrogen and oxygen atoms in total. The topological polar surface area (TPSA) is 136 Å². The standard InChI is InChI=1S/C15H22N4O6S.ClH/c1-11(16)9-15(20)17-5-7-18(8-6-17)26(23,24)12-3-4-14(25-2)13(10-12)19(21)22;/h3-4,10-11H,5-9,16H2,1-2H3;1H. The molecule has 1 heterocycles. The third-order valence-corrected chi connectivity index (χ3v) is 5.97. The molecule has 0 aromatic heterocycles. The van der Waals surface area contributed by atoms with E-state index in [0.717, 1.165) is 6.07 Å². The van der Waals surface area contributed by atoms with Crippen LogP contribution in [0.4, 0.5) is 5.69 Å². The van der Waals surface area contributed by atoms with E-state index in [1.165, 1.54) is 23.5 Å². The SMILES string of the molecule is COc1ccc(S(=O)(=O)N2CCN(C(=O)CC(C)N)CC2)cc1[N+](=O)[O-].Cl. The molecule has 2 rings (SSSR count). The summed E-state index contributed by atoms with van der Waals surface area (Å²) in [6.07, 6.45) is 0.206. The summed E-state index contributed by atoms with van der Waals surface area (Å²) < 4.78 is 31.6. The molecule has 0 aliphatic carbocycles. The summed E-state index contributed by atoms with van der Waals surface area (Å²) in [5, 5.41) is 11.1. The smallest absolute Gasteiger partial charge is 0.312 e. The Kier molecular flexibility index (Phi) is 7.96. The van der Waals surface area contributed by atoms with E-state index >= 15 is 0 Å². The fourth-order valence-corrected chi connectivity index (χ4v) is 4.15. The molecule has 1 unspecified atom stereocenters. The number of ether oxygens (including phenoxy) is 1. The lowest BCUT2D eigenvalue weighted by Crippen LogP contribution is -2.51. The van der Waals surface area contributed by atoms with Gasteiger partial charge >= 0.3 is 5.69 Å². The second kappa shape index (κ2) is 9.31. The molecule has 1 aromatic rings. The molecule has 2 N–H and O–H groups in total. The second-order valence-corrected chi connectivity index (χ2v) is 7.99. The van der Waals surface area contributed by atoms with Crippen molar-refractivity contribution in [3.63, 3.8) is 0 Å². The molecule has 1 fully saturated rings. The minimum Gasteiger partial charge on any atom is -0.490 e. The number of nitrogens with two attached hydrogens (primary N) is 1. The molecule has 27 heavy (non-hydrogen) atoms. The molecule has 1 atom stereocenters. The van der Waals surface area contributed by atoms with E-state index in [9.17, 15) is 23.3 Å². The number of nitro groups is 1. The summed E-state index contributed by atoms with van der Waals surface area (Å²) in [6, 6.07) is 3.26. The molecule has 1 aliphatic rings. The van der Waals surface area contributed by atoms with Crippen LogP contribution in [0.25, 0.3) is 0 Å². The minimum absolute atomic E-state index is 0. The van der Waals surface area contributed by atoms with Crippen molar-refractivity contribution in [2.45, 2.75) is 24.3 Å². The summed E-state index contributed by atoms with van der Waals surface area (Å²) in [5.74, 6) is -0.127. The first-order valence-electron chi connectivity index (χ1n) is 8.02. The Bertz CT molecular complexity index is 793. The predicted molar refractivity (Wildman–Crippen MR) is 101 cm³/mol. The first-order valence-corrected chi connectivity index (χ1v) is 9.46. The van der Waals surface area contributed by atoms with E-state index in [0.29, 0.717) is 0 Å². The Balaban J connectivity index is 0.00000364. The third-order valence-electron chi connectivity index (χ3n) is 4.07. The number of methoxy groups -OCH3 is 1. The Morgan fingerprint density at radius 1 is 1.33 bits per heavy atom. The molecule has 0 bridgehead atoms. The van der Waals surface area contributed by atoms with Crippen LogP contribution in [0.2, 0.25) is 0 Å². The lowest BCUT2D eigenvalue weighted by atomic mass is 10.2. The van der Waals surface area contributed by atoms with Crippen LogP contribution in [-0.2, 0) is 14.8 Å². The van der Waals surface area contributed by atoms with Gasteiger partial charge in [0, 0.05) is 44.7 Å². The average molecular weight is 423 g/mol. The summed E-state index contributed by atoms with van der Waals surface area (Å²) in [4.78, 5) is 23.8. The van der Waals surface area contributed by atoms with Crippen LogP contribution in [0.15, 0.2) is 23.1 Å². The van der Waals surface area contributed by atoms with Gasteiger partial charge in [0.1, 0.15) is 0 Å². The molecule has 0 spiro atoms. The summed E-state index contributed by atoms with van der Waals surface area (Å²) in [5.41, 5.74) is 5.20. The number of carbonyl (C=O) groups is 1. The van der Waals surface area contributed by atoms with Crippen molar-refractivity contribution in [3.8, 4) is 5.75 Å². The van der Waals surface area contributed by atoms with Gasteiger partial charge in [-0.1, -0.05) is 0 Å². The van der Waals surface area contributed by atoms with Crippen LogP contribution in [0.1, 0.15) is 13.3 Å². The van der Waals surface area contributed by atoms with Crippen LogP contribution < -0.4 is 10.5 Å². The maximum Gasteiger partial charge on any atom is 0.312 e. The van der Waals surface area contributed by atoms with Crippen LogP contribution in [0.5, 0.6) is 5.75 Å². The molecule has 0 radical (unpaired) electrons. The monoisotopic (exact) mass is 422 g/mol. The number of sulfonamides is 1. The Hall–Kier alpha value is -1.95. The molecule has 0 saturated carbocycles. The van der Waals surface area contributed by atoms with E-state index in [4.69, 9.17) is 10.5 Å². The number of amides is 1. The second-order valence-electron chi connectivity index (χ2n) is 6.06. The molecule has 1 aliphatic heterocycles. The average Bonchev–Trinajstić information content (AvgIpc) is 2.60. The van der Waals surface area contributed by atoms with Gasteiger partial charge in [-0.05, 0) is 19.1 Å². The third kappa shape index (κ3) is 5.28. The van der Waals surface area contributed by atoms with Crippen LogP contribution in [-0.4, -0.2) is 67.8 Å². The summed E-state index contributed by atoms with van der Waals surface area (Å²) >= 11 is 0. The zero-order valence-electron chi connectivity index (χ0n) is 15.0. The molecular weight excluding hydrogens is 400 g/mol. The summed E-state index contributed by atoms with van der Waals surface area (Å²) in [6.45, 7) is 2.47. The molecular formula is C15H23ClN4O6S. The van der Waals surface area contributed by atoms with Crippen LogP contribution >= 0.6 is 12.4 Å². The van der Waals surface area contributed by atoms with Crippen molar-refractivity contribution in [2.24, 2.45) is 5.73 Å². The number of hydrogen-bond donors (Lipinski definition) is 1. The molecule has 1 amide bonds. The van der Waals surface area contributed by atoms with E-state index in [1.54, 1.807) is 11.8 Å². The fourth-order valence-electron chi connectivity index (χ4n) is 2.70. The number of piperazine rings is 1. The van der Waals surface area contributed by atoms with E-state index in [2.05, 4.69) is 0 Å². The molecule has 152 valence electrons. The highest BCUT2D eigenvalue weighted by Gasteiger charge is 2.31. The van der Waals surface area contributed by atoms with Crippen molar-refractivity contribution in [2.75, 3.05) is 33.3 Å². The van der Waals surface area contributed by atoms with E-state index < -0.39 is 20.6 Å². The number of carbonyl (C=O) groups excluding carboxylic acids is 1. The fraction of sp³-hybridized carbons (Fsp3) is 0.533. The van der Waals surface area contributed by atoms with Gasteiger partial charge < -0.3 is 15.4 Å². The van der Waals surface area contributed by atoms with Crippen LogP contribution in [0.3, 0.4) is 0 Å². The lowest BCUT2D eigenvalue weighted by Gasteiger charge is -2.34. The Morgan fingerprint density at radius 3 is 2.41 bits per heavy atom. The van der Waals surface area contributed by atoms with Crippen molar-refractivity contribution in [1.82, 2.24) is 9.21 Å². The maximum atomic E-state index is 12.8. The van der Waals surface area contributed by atoms with Gasteiger partial charge in [-0.15, -0.1) is 12.4 Å². The van der Waals surface area contributed by atoms with Crippen molar-refractivity contribution >= 4 is 34.0 Å². The quantitative estimate of drug-likeness (QED) is 0.523. The highest BCUT2D eigenvalue weighted by Crippen LogP contribution is 2.30. The van der Waals surface area contributed by atoms with Gasteiger partial charge in [0.15, 0.2) is 5.75 Å². The maximum absolute atomic E-state index is 12.8. The number of hydrogen-bond acceptors (Lipinski definition) is 7. The minimum atomic E-state index is -3.90. The number of nitro benzene ring substituents is 1. The molecule has 1 saturated heterocycles. The van der Waals surface area contributed by atoms with E-state index in [1.807, 2.05) is 0 Å². The van der Waals surface area contributed by atoms with Gasteiger partial charge in [0.05, 0.1) is 16.9 Å². The Labute approximate surface area is 163 Å². The first-order chi connectivity index (χ1) is 12.2. The van der Waals surface area contributed by atoms with Crippen molar-refractivity contribution in [3.05, 3.63) is 28.3 Å². The van der Waals surface area contributed by atoms with E-state index in [-0.39, 0.29) is 67.6 Å². The number of rotatable bonds is 6.